The fourth-order valence-electron chi connectivity index (χ4n) is 17.1. The molecule has 4 aliphatic heterocycles. The van der Waals surface area contributed by atoms with Crippen LogP contribution in [-0.2, 0) is 61.5 Å². The maximum absolute atomic E-state index is 14.7. The van der Waals surface area contributed by atoms with Crippen molar-refractivity contribution in [3.05, 3.63) is 260 Å². The highest BCUT2D eigenvalue weighted by atomic mass is 32.1. The predicted octanol–water partition coefficient (Wildman–Crippen LogP) is 21.8. The minimum Gasteiger partial charge on any atom is -0.355 e. The first-order valence-electron chi connectivity index (χ1n) is 41.5. The van der Waals surface area contributed by atoms with Gasteiger partial charge in [0.2, 0.25) is 5.91 Å². The van der Waals surface area contributed by atoms with E-state index in [4.69, 9.17) is 80.4 Å². The van der Waals surface area contributed by atoms with E-state index in [-0.39, 0.29) is 83.4 Å². The fourth-order valence-corrected chi connectivity index (χ4v) is 19.0. The number of nitrogens with one attached hydrogen (secondary N) is 2. The quantitative estimate of drug-likeness (QED) is 0.0375. The van der Waals surface area contributed by atoms with Crippen molar-refractivity contribution in [2.24, 2.45) is 0 Å². The Morgan fingerprint density at radius 1 is 0.407 bits per heavy atom. The molecule has 698 valence electrons. The van der Waals surface area contributed by atoms with Crippen LogP contribution in [0.15, 0.2) is 158 Å². The van der Waals surface area contributed by atoms with Gasteiger partial charge in [-0.2, -0.15) is 57.9 Å². The third-order valence-electron chi connectivity index (χ3n) is 24.2. The summed E-state index contributed by atoms with van der Waals surface area (Å²) in [4.78, 5) is 113. The van der Waals surface area contributed by atoms with Gasteiger partial charge < -0.3 is 35.1 Å². The molecular formula is C94H78F14N16O7S4. The van der Waals surface area contributed by atoms with E-state index >= 15 is 0 Å². The number of alkyl halides is 12. The van der Waals surface area contributed by atoms with Crippen molar-refractivity contribution in [3.63, 3.8) is 0 Å². The van der Waals surface area contributed by atoms with Gasteiger partial charge >= 0.3 is 24.7 Å². The molecule has 0 atom stereocenters. The van der Waals surface area contributed by atoms with Crippen molar-refractivity contribution in [1.82, 2.24) is 15.5 Å². The second-order valence-electron chi connectivity index (χ2n) is 32.8. The Balaban J connectivity index is 0.000000162. The second kappa shape index (κ2) is 39.0. The van der Waals surface area contributed by atoms with E-state index < -0.39 is 127 Å². The summed E-state index contributed by atoms with van der Waals surface area (Å²) in [6.07, 6.45) is -9.29. The molecule has 0 aromatic heterocycles. The monoisotopic (exact) mass is 1940 g/mol. The smallest absolute Gasteiger partial charge is 0.355 e. The average Bonchev–Trinajstić information content (AvgIpc) is 1.55. The first-order chi connectivity index (χ1) is 63.6. The molecule has 8 aromatic rings. The minimum atomic E-state index is -4.81. The van der Waals surface area contributed by atoms with E-state index in [0.29, 0.717) is 94.5 Å². The molecule has 135 heavy (non-hydrogen) atoms. The third kappa shape index (κ3) is 19.1. The van der Waals surface area contributed by atoms with Crippen molar-refractivity contribution in [3.8, 4) is 6.07 Å². The number of thiocarbonyl (C=S) groups is 4. The molecule has 3 saturated carbocycles. The van der Waals surface area contributed by atoms with Gasteiger partial charge in [0.1, 0.15) is 33.8 Å². The zero-order chi connectivity index (χ0) is 98.9. The number of carbonyl (C=O) groups is 7. The molecule has 0 unspecified atom stereocenters. The number of benzene rings is 8. The van der Waals surface area contributed by atoms with E-state index in [1.165, 1.54) is 86.3 Å². The Labute approximate surface area is 786 Å². The van der Waals surface area contributed by atoms with Crippen LogP contribution in [0.25, 0.3) is 19.4 Å². The van der Waals surface area contributed by atoms with Crippen molar-refractivity contribution in [2.75, 3.05) is 67.4 Å². The molecule has 7 amide bonds. The molecule has 7 aliphatic rings. The summed E-state index contributed by atoms with van der Waals surface area (Å²) in [6, 6.07) is 37.0. The van der Waals surface area contributed by atoms with Crippen LogP contribution in [0.5, 0.6) is 0 Å². The Kier molecular flexibility index (Phi) is 28.9. The van der Waals surface area contributed by atoms with Gasteiger partial charge in [-0.3, -0.25) is 53.2 Å². The van der Waals surface area contributed by atoms with Crippen molar-refractivity contribution >= 4 is 179 Å². The van der Waals surface area contributed by atoms with Gasteiger partial charge in [0.15, 0.2) is 43.2 Å². The molecule has 2 N–H and O–H groups in total. The van der Waals surface area contributed by atoms with Crippen LogP contribution in [-0.4, -0.2) is 117 Å². The summed E-state index contributed by atoms with van der Waals surface area (Å²) < 4.78 is 191. The number of unbranched alkanes of at least 4 members (excludes halogenated alkanes) is 1. The zero-order valence-electron chi connectivity index (χ0n) is 72.4. The van der Waals surface area contributed by atoms with E-state index in [9.17, 15) is 95.0 Å². The molecule has 0 bridgehead atoms. The topological polar surface area (TPSA) is 214 Å². The van der Waals surface area contributed by atoms with Gasteiger partial charge in [-0.15, -0.1) is 0 Å². The molecule has 8 aromatic carbocycles. The van der Waals surface area contributed by atoms with Crippen LogP contribution < -0.4 is 49.8 Å². The first-order valence-corrected chi connectivity index (χ1v) is 43.1. The van der Waals surface area contributed by atoms with Gasteiger partial charge in [0, 0.05) is 86.5 Å². The van der Waals surface area contributed by atoms with E-state index in [1.54, 1.807) is 28.8 Å². The van der Waals surface area contributed by atoms with E-state index in [0.717, 1.165) is 111 Å². The van der Waals surface area contributed by atoms with Crippen molar-refractivity contribution in [2.45, 2.75) is 163 Å². The largest absolute Gasteiger partial charge is 0.407 e. The van der Waals surface area contributed by atoms with Crippen LogP contribution in [0.3, 0.4) is 0 Å². The lowest BCUT2D eigenvalue weighted by Gasteiger charge is -2.43. The number of carbonyl (C=O) groups excluding carboxylic acids is 7. The lowest BCUT2D eigenvalue weighted by atomic mass is 9.75. The molecule has 41 heteroatoms. The highest BCUT2D eigenvalue weighted by Crippen LogP contribution is 2.54. The molecule has 4 saturated heterocycles. The second-order valence-corrected chi connectivity index (χ2v) is 34.3. The van der Waals surface area contributed by atoms with Crippen LogP contribution >= 0.6 is 48.9 Å². The lowest BCUT2D eigenvalue weighted by molar-refractivity contribution is -0.137. The number of nitriles is 1. The van der Waals surface area contributed by atoms with Gasteiger partial charge in [-0.1, -0.05) is 61.4 Å². The SMILES string of the molecule is [C-]#[N+]c1ccc(N2C(=O)C(C)(C)N(c3ccc(C(=O)NC)c(F)c3)C2=S)cc1C(F)(F)F.[C-]#[N+]c1ccc(N2C(=O)C3(CCC3)N(c3ccc(CCCC#N)cc3)C2=S)cc1C(F)(F)F.[C-]#[N+]c1ccc(N2C(=O)C3(CCC3)N(c3ccc(CCCC(=O)N(C)C)cc3)C2=S)cc1C(F)(F)F.[C-]#[N+]c1ccc(N2C(=O)C3(CCCC3)N(c3ccc(C(=O)NC)c(F)c3)C2=S)cc1C(F)(F)F. The molecule has 3 spiro atoms. The van der Waals surface area contributed by atoms with Gasteiger partial charge in [-0.25, -0.2) is 28.2 Å². The van der Waals surface area contributed by atoms with Crippen LogP contribution in [0.1, 0.15) is 158 Å². The Bertz CT molecular complexity index is 6400. The normalized spacial score (nSPS) is 16.8. The van der Waals surface area contributed by atoms with Gasteiger partial charge in [-0.05, 0) is 260 Å². The van der Waals surface area contributed by atoms with Crippen LogP contribution in [0.2, 0.25) is 0 Å². The predicted molar refractivity (Wildman–Crippen MR) is 492 cm³/mol. The van der Waals surface area contributed by atoms with Crippen molar-refractivity contribution in [1.29, 1.82) is 5.26 Å². The summed E-state index contributed by atoms with van der Waals surface area (Å²) in [5.41, 5.74) is -8.00. The number of hydrogen-bond acceptors (Lipinski definition) is 12. The maximum Gasteiger partial charge on any atom is 0.407 e. The average molecular weight is 1940 g/mol. The van der Waals surface area contributed by atoms with Crippen molar-refractivity contribution < 1.29 is 95.0 Å². The number of aryl methyl sites for hydroxylation is 2. The lowest BCUT2D eigenvalue weighted by Crippen LogP contribution is -2.55. The van der Waals surface area contributed by atoms with Crippen LogP contribution in [0, 0.1) is 49.3 Å². The summed E-state index contributed by atoms with van der Waals surface area (Å²) >= 11 is 22.2. The number of anilines is 8. The Morgan fingerprint density at radius 2 is 0.681 bits per heavy atom. The molecule has 15 rings (SSSR count). The van der Waals surface area contributed by atoms with E-state index in [1.807, 2.05) is 48.5 Å². The molecule has 3 aliphatic carbocycles. The minimum absolute atomic E-state index is 0.000629. The number of nitrogens with zero attached hydrogens (tertiary/aromatic N) is 14. The summed E-state index contributed by atoms with van der Waals surface area (Å²) in [7, 11) is 6.16. The summed E-state index contributed by atoms with van der Waals surface area (Å²) in [5, 5.41) is 13.3. The number of halogens is 14. The van der Waals surface area contributed by atoms with Gasteiger partial charge in [0.25, 0.3) is 35.4 Å². The highest BCUT2D eigenvalue weighted by molar-refractivity contribution is 7.81. The maximum atomic E-state index is 14.7. The number of hydrogen-bond donors (Lipinski definition) is 2. The molecule has 4 heterocycles. The Hall–Kier alpha value is -13.9. The molecule has 0 radical (unpaired) electrons. The van der Waals surface area contributed by atoms with Crippen LogP contribution in [0.4, 0.5) is 130 Å². The zero-order valence-corrected chi connectivity index (χ0v) is 75.6. The standard InChI is InChI=1S/C26H25F3N4O2S.C24H19F3N4OS.C23H18F4N4O2S.C21H16F4N4O2S/c1-30-21-13-12-19(16-20(21)26(27,28)29)32-23(35)25(14-5-15-25)33(24(32)36)18-10-8-17(9-11-18)6-4-7-22(34)31(2)3;1-29-20-11-10-18(15-19(20)24(25,26)27)30-21(32)23(12-4-13-23)31(22(30)33)17-8-6-16(7-9-17)5-2-3-14-28;1-28-18-8-6-13(11-16(18)23(25,26)27)30-20(33)22(9-3-4-10-22)31(21(30)34)14-5-7-15(17(24)12-14)19(32)29-2;1-20(2)18(31)28(11-6-8-16(26-3)14(9-11)21(23,24)25)19(32)29(20)12-5-7-13(15(22)10-12)17(30)27-4/h8-13,16H,4-7,14-15H2,2-3H3;6-11,15H,2-5,12-13H2;5-8,11-12H,3-4,9-10H2,2H3,(H,29,32);5-10H,1-2,4H3,(H,27,30). The molecular weight excluding hydrogens is 1860 g/mol. The van der Waals surface area contributed by atoms with Gasteiger partial charge in [0.05, 0.1) is 65.7 Å². The third-order valence-corrected chi connectivity index (χ3v) is 25.7. The highest BCUT2D eigenvalue weighted by Gasteiger charge is 2.63. The van der Waals surface area contributed by atoms with E-state index in [2.05, 4.69) is 36.1 Å². The Morgan fingerprint density at radius 3 is 0.956 bits per heavy atom. The number of rotatable bonds is 17. The molecule has 23 nitrogen and oxygen atoms in total. The number of amides is 7. The summed E-state index contributed by atoms with van der Waals surface area (Å²) in [6.45, 7) is 31.1. The molecule has 7 fully saturated rings. The fraction of sp³-hybridized carbons (Fsp3) is 0.319. The summed E-state index contributed by atoms with van der Waals surface area (Å²) in [5.74, 6) is -4.72. The first kappa shape index (κ1) is 100.